The largest absolute Gasteiger partial charge is 0.456 e. The second kappa shape index (κ2) is 12.1. The Morgan fingerprint density at radius 1 is 0.977 bits per heavy atom. The number of benzene rings is 2. The average Bonchev–Trinajstić information content (AvgIpc) is 3.05. The normalized spacial score (nSPS) is 17.1. The molecule has 3 N–H and O–H groups in total. The summed E-state index contributed by atoms with van der Waals surface area (Å²) in [6, 6.07) is 16.7. The van der Waals surface area contributed by atoms with E-state index in [0.29, 0.717) is 25.2 Å². The lowest BCUT2D eigenvalue weighted by molar-refractivity contribution is 0.122. The van der Waals surface area contributed by atoms with Gasteiger partial charge in [-0.2, -0.15) is 0 Å². The number of anilines is 3. The van der Waals surface area contributed by atoms with E-state index < -0.39 is 0 Å². The van der Waals surface area contributed by atoms with Crippen LogP contribution in [0, 0.1) is 0 Å². The lowest BCUT2D eigenvalue weighted by Gasteiger charge is -2.33. The van der Waals surface area contributed by atoms with Crippen molar-refractivity contribution < 1.29 is 9.47 Å². The average molecular weight is 580 g/mol. The number of hydrogen-bond donors (Lipinski definition) is 3. The molecule has 2 fully saturated rings. The minimum atomic E-state index is -0.119. The number of likely N-dealkylation sites (tertiary alicyclic amines) is 1. The highest BCUT2D eigenvalue weighted by atomic mass is 16.5. The third kappa shape index (κ3) is 6.07. The maximum Gasteiger partial charge on any atom is 0.250 e. The van der Waals surface area contributed by atoms with Gasteiger partial charge in [0.25, 0.3) is 0 Å². The number of aromatic amines is 1. The van der Waals surface area contributed by atoms with E-state index in [2.05, 4.69) is 59.7 Å². The molecule has 10 nitrogen and oxygen atoms in total. The van der Waals surface area contributed by atoms with E-state index in [1.54, 1.807) is 6.07 Å². The van der Waals surface area contributed by atoms with E-state index >= 15 is 0 Å². The molecule has 0 unspecified atom stereocenters. The zero-order valence-corrected chi connectivity index (χ0v) is 24.4. The molecule has 2 saturated heterocycles. The molecule has 0 spiro atoms. The second-order valence-electron chi connectivity index (χ2n) is 11.5. The van der Waals surface area contributed by atoms with Gasteiger partial charge in [-0.25, -0.2) is 9.97 Å². The predicted octanol–water partition coefficient (Wildman–Crippen LogP) is 4.48. The third-order valence-corrected chi connectivity index (χ3v) is 8.54. The number of rotatable bonds is 7. The Bertz CT molecular complexity index is 1640. The maximum atomic E-state index is 12.6. The SMILES string of the molecule is CNc1ncc(CN2CCC(Nc3ccc4c(c3)Cc3cccc(-c5cc(N6CCOCC6)cc(=O)[nH]5)c3O4)CC2)cn1. The van der Waals surface area contributed by atoms with Gasteiger partial charge in [0.15, 0.2) is 0 Å². The second-order valence-corrected chi connectivity index (χ2v) is 11.5. The molecule has 43 heavy (non-hydrogen) atoms. The van der Waals surface area contributed by atoms with Gasteiger partial charge in [0.1, 0.15) is 11.5 Å². The first-order chi connectivity index (χ1) is 21.1. The highest BCUT2D eigenvalue weighted by molar-refractivity contribution is 5.74. The molecule has 0 bridgehead atoms. The van der Waals surface area contributed by atoms with Crippen molar-refractivity contribution in [2.45, 2.75) is 31.8 Å². The number of nitrogens with one attached hydrogen (secondary N) is 3. The number of piperidine rings is 1. The van der Waals surface area contributed by atoms with Crippen LogP contribution in [0.2, 0.25) is 0 Å². The molecule has 0 saturated carbocycles. The Morgan fingerprint density at radius 2 is 1.79 bits per heavy atom. The number of ether oxygens (including phenoxy) is 2. The number of hydrogen-bond acceptors (Lipinski definition) is 9. The molecule has 3 aliphatic rings. The Labute approximate surface area is 251 Å². The molecule has 7 rings (SSSR count). The minimum absolute atomic E-state index is 0.119. The Balaban J connectivity index is 1.02. The van der Waals surface area contributed by atoms with E-state index in [0.717, 1.165) is 103 Å². The minimum Gasteiger partial charge on any atom is -0.456 e. The van der Waals surface area contributed by atoms with Crippen molar-refractivity contribution in [2.75, 3.05) is 62.0 Å². The molecule has 2 aromatic carbocycles. The Hall–Kier alpha value is -4.41. The van der Waals surface area contributed by atoms with Gasteiger partial charge in [0.2, 0.25) is 11.5 Å². The third-order valence-electron chi connectivity index (χ3n) is 8.54. The number of morpholine rings is 1. The summed E-state index contributed by atoms with van der Waals surface area (Å²) >= 11 is 0. The van der Waals surface area contributed by atoms with Crippen molar-refractivity contribution in [1.29, 1.82) is 0 Å². The molecule has 2 aromatic heterocycles. The summed E-state index contributed by atoms with van der Waals surface area (Å²) in [5, 5.41) is 6.73. The van der Waals surface area contributed by atoms with Gasteiger partial charge < -0.3 is 30.0 Å². The summed E-state index contributed by atoms with van der Waals surface area (Å²) in [7, 11) is 1.83. The molecule has 5 heterocycles. The van der Waals surface area contributed by atoms with Gasteiger partial charge in [0, 0.05) is 98.8 Å². The lowest BCUT2D eigenvalue weighted by atomic mass is 9.95. The topological polar surface area (TPSA) is 108 Å². The van der Waals surface area contributed by atoms with Crippen LogP contribution in [0.4, 0.5) is 17.3 Å². The smallest absolute Gasteiger partial charge is 0.250 e. The first-order valence-corrected chi connectivity index (χ1v) is 15.1. The zero-order chi connectivity index (χ0) is 29.2. The number of para-hydroxylation sites is 1. The summed E-state index contributed by atoms with van der Waals surface area (Å²) in [5.41, 5.74) is 6.99. The maximum absolute atomic E-state index is 12.6. The monoisotopic (exact) mass is 579 g/mol. The van der Waals surface area contributed by atoms with Gasteiger partial charge in [-0.15, -0.1) is 0 Å². The van der Waals surface area contributed by atoms with Crippen LogP contribution < -0.4 is 25.8 Å². The molecule has 0 atom stereocenters. The fourth-order valence-corrected chi connectivity index (χ4v) is 6.25. The molecule has 222 valence electrons. The number of fused-ring (bicyclic) bond motifs is 2. The number of aromatic nitrogens is 3. The molecule has 10 heteroatoms. The Kier molecular flexibility index (Phi) is 7.69. The van der Waals surface area contributed by atoms with Crippen molar-refractivity contribution in [2.24, 2.45) is 0 Å². The van der Waals surface area contributed by atoms with E-state index in [-0.39, 0.29) is 5.56 Å². The van der Waals surface area contributed by atoms with E-state index in [4.69, 9.17) is 9.47 Å². The van der Waals surface area contributed by atoms with E-state index in [1.165, 1.54) is 0 Å². The van der Waals surface area contributed by atoms with Crippen molar-refractivity contribution in [3.8, 4) is 22.8 Å². The highest BCUT2D eigenvalue weighted by Gasteiger charge is 2.24. The van der Waals surface area contributed by atoms with Crippen LogP contribution >= 0.6 is 0 Å². The first-order valence-electron chi connectivity index (χ1n) is 15.1. The zero-order valence-electron chi connectivity index (χ0n) is 24.4. The van der Waals surface area contributed by atoms with Gasteiger partial charge in [-0.3, -0.25) is 9.69 Å². The van der Waals surface area contributed by atoms with Crippen LogP contribution in [0.15, 0.2) is 65.7 Å². The highest BCUT2D eigenvalue weighted by Crippen LogP contribution is 2.43. The number of H-pyrrole nitrogens is 1. The quantitative estimate of drug-likeness (QED) is 0.257. The summed E-state index contributed by atoms with van der Waals surface area (Å²) in [5.74, 6) is 2.32. The Morgan fingerprint density at radius 3 is 2.58 bits per heavy atom. The van der Waals surface area contributed by atoms with Crippen molar-refractivity contribution in [1.82, 2.24) is 19.9 Å². The molecule has 0 aliphatic carbocycles. The van der Waals surface area contributed by atoms with Crippen LogP contribution in [0.1, 0.15) is 29.5 Å². The van der Waals surface area contributed by atoms with Crippen LogP contribution in [0.3, 0.4) is 0 Å². The van der Waals surface area contributed by atoms with Crippen LogP contribution in [-0.2, 0) is 17.7 Å². The fraction of sp³-hybridized carbons (Fsp3) is 0.364. The number of pyridine rings is 1. The van der Waals surface area contributed by atoms with Gasteiger partial charge in [0.05, 0.1) is 18.9 Å². The standard InChI is InChI=1S/C33H37N7O3/c1-34-33-35-19-22(20-36-33)21-39-9-7-25(8-10-39)37-26-5-6-30-24(16-26)15-23-3-2-4-28(32(23)43-30)29-17-27(18-31(41)38-29)40-11-13-42-14-12-40/h2-6,16-20,25,37H,7-15,21H2,1H3,(H,38,41)(H,34,35,36). The summed E-state index contributed by atoms with van der Waals surface area (Å²) in [6.07, 6.45) is 6.74. The molecule has 0 amide bonds. The van der Waals surface area contributed by atoms with Gasteiger partial charge in [-0.1, -0.05) is 12.1 Å². The van der Waals surface area contributed by atoms with Gasteiger partial charge >= 0.3 is 0 Å². The predicted molar refractivity (Wildman–Crippen MR) is 168 cm³/mol. The van der Waals surface area contributed by atoms with Crippen LogP contribution in [0.25, 0.3) is 11.3 Å². The van der Waals surface area contributed by atoms with Crippen LogP contribution in [-0.4, -0.2) is 72.3 Å². The van der Waals surface area contributed by atoms with E-state index in [1.807, 2.05) is 37.6 Å². The van der Waals surface area contributed by atoms with Crippen molar-refractivity contribution in [3.63, 3.8) is 0 Å². The summed E-state index contributed by atoms with van der Waals surface area (Å²) in [6.45, 7) is 5.82. The van der Waals surface area contributed by atoms with Gasteiger partial charge in [-0.05, 0) is 48.7 Å². The molecule has 3 aliphatic heterocycles. The first kappa shape index (κ1) is 27.4. The van der Waals surface area contributed by atoms with Crippen LogP contribution in [0.5, 0.6) is 11.5 Å². The van der Waals surface area contributed by atoms with Crippen molar-refractivity contribution >= 4 is 17.3 Å². The fourth-order valence-electron chi connectivity index (χ4n) is 6.25. The molecule has 0 radical (unpaired) electrons. The van der Waals surface area contributed by atoms with Crippen molar-refractivity contribution in [3.05, 3.63) is 88.0 Å². The lowest BCUT2D eigenvalue weighted by Crippen LogP contribution is -2.38. The summed E-state index contributed by atoms with van der Waals surface area (Å²) in [4.78, 5) is 29.0. The van der Waals surface area contributed by atoms with E-state index in [9.17, 15) is 4.79 Å². The molecular weight excluding hydrogens is 542 g/mol. The molecule has 4 aromatic rings. The molecular formula is C33H37N7O3. The summed E-state index contributed by atoms with van der Waals surface area (Å²) < 4.78 is 12.0. The number of nitrogens with zero attached hydrogens (tertiary/aromatic N) is 4.